The van der Waals surface area contributed by atoms with Gasteiger partial charge in [0, 0.05) is 19.4 Å². The molecule has 47 heavy (non-hydrogen) atoms. The van der Waals surface area contributed by atoms with Crippen molar-refractivity contribution in [3.8, 4) is 18.2 Å². The Morgan fingerprint density at radius 2 is 1.51 bits per heavy atom. The molecule has 1 aromatic heterocycles. The lowest BCUT2D eigenvalue weighted by molar-refractivity contribution is 0.134. The van der Waals surface area contributed by atoms with E-state index < -0.39 is 11.6 Å². The number of nitrogen functional groups attached to an aromatic ring is 1. The van der Waals surface area contributed by atoms with Gasteiger partial charge in [0.15, 0.2) is 5.57 Å². The van der Waals surface area contributed by atoms with E-state index in [0.29, 0.717) is 29.9 Å². The van der Waals surface area contributed by atoms with Crippen molar-refractivity contribution in [1.82, 2.24) is 15.1 Å². The minimum absolute atomic E-state index is 0.0315. The molecule has 3 N–H and O–H groups in total. The van der Waals surface area contributed by atoms with E-state index in [9.17, 15) is 10.1 Å². The molecule has 10 nitrogen and oxygen atoms in total. The highest BCUT2D eigenvalue weighted by molar-refractivity contribution is 5.67. The van der Waals surface area contributed by atoms with E-state index in [4.69, 9.17) is 25.7 Å². The number of carbonyl (C=O) groups is 1. The van der Waals surface area contributed by atoms with Crippen LogP contribution in [0.5, 0.6) is 0 Å². The van der Waals surface area contributed by atoms with E-state index in [1.165, 1.54) is 7.11 Å². The number of nitriles is 3. The van der Waals surface area contributed by atoms with Gasteiger partial charge in [-0.3, -0.25) is 0 Å². The second-order valence-corrected chi connectivity index (χ2v) is 11.5. The number of hydrogen-bond donors (Lipinski definition) is 2. The lowest BCUT2D eigenvalue weighted by Crippen LogP contribution is -2.42. The van der Waals surface area contributed by atoms with Gasteiger partial charge in [0.2, 0.25) is 0 Å². The summed E-state index contributed by atoms with van der Waals surface area (Å²) < 4.78 is 11.9. The number of rotatable bonds is 10. The molecule has 0 saturated carbocycles. The van der Waals surface area contributed by atoms with Crippen LogP contribution in [0.15, 0.2) is 90.2 Å². The first kappa shape index (κ1) is 35.4. The molecule has 0 atom stereocenters. The first-order valence-corrected chi connectivity index (χ1v) is 14.9. The molecular formula is C37H39N7O3. The number of ether oxygens (including phenoxy) is 2. The van der Waals surface area contributed by atoms with Crippen LogP contribution in [0.3, 0.4) is 0 Å². The van der Waals surface area contributed by atoms with Crippen molar-refractivity contribution < 1.29 is 14.3 Å². The van der Waals surface area contributed by atoms with Crippen molar-refractivity contribution in [1.29, 1.82) is 15.8 Å². The van der Waals surface area contributed by atoms with Crippen LogP contribution in [-0.2, 0) is 34.5 Å². The molecule has 3 aromatic carbocycles. The monoisotopic (exact) mass is 629 g/mol. The van der Waals surface area contributed by atoms with Gasteiger partial charge >= 0.3 is 6.09 Å². The Bertz CT molecular complexity index is 1820. The zero-order valence-electron chi connectivity index (χ0n) is 27.4. The van der Waals surface area contributed by atoms with E-state index in [0.717, 1.165) is 27.8 Å². The summed E-state index contributed by atoms with van der Waals surface area (Å²) in [4.78, 5) is 12.1. The molecule has 0 fully saturated rings. The van der Waals surface area contributed by atoms with Crippen LogP contribution in [-0.4, -0.2) is 29.5 Å². The third-order valence-corrected chi connectivity index (χ3v) is 7.21. The standard InChI is InChI=1S/C24H27N5O2.C13H12N2O/c1-17-8-7-11-19(12-17)13-21-20(14-25)22(26)29(28-21)24(2,3)16-27-23(30)31-15-18-9-5-4-6-10-18;1-10-4-3-5-11(6-10)7-13(16-2)12(8-14)9-15/h4-12H,13,15-16,26H2,1-3H3,(H,27,30);3-6H,7H2,1-2H3. The quantitative estimate of drug-likeness (QED) is 0.151. The lowest BCUT2D eigenvalue weighted by atomic mass is 10.0. The maximum Gasteiger partial charge on any atom is 0.407 e. The molecule has 4 aromatic rings. The second-order valence-electron chi connectivity index (χ2n) is 11.5. The Morgan fingerprint density at radius 1 is 0.915 bits per heavy atom. The average Bonchev–Trinajstić information content (AvgIpc) is 3.38. The topological polar surface area (TPSA) is 163 Å². The Balaban J connectivity index is 0.000000316. The molecule has 0 aliphatic heterocycles. The van der Waals surface area contributed by atoms with Gasteiger partial charge in [-0.2, -0.15) is 20.9 Å². The first-order chi connectivity index (χ1) is 22.5. The van der Waals surface area contributed by atoms with Gasteiger partial charge in [-0.05, 0) is 44.4 Å². The molecule has 1 amide bonds. The number of methoxy groups -OCH3 is 1. The number of nitrogens with zero attached hydrogens (tertiary/aromatic N) is 5. The summed E-state index contributed by atoms with van der Waals surface area (Å²) in [6.45, 7) is 8.23. The number of allylic oxidation sites excluding steroid dienone is 2. The van der Waals surface area contributed by atoms with Gasteiger partial charge < -0.3 is 20.5 Å². The highest BCUT2D eigenvalue weighted by Crippen LogP contribution is 2.26. The van der Waals surface area contributed by atoms with Crippen LogP contribution >= 0.6 is 0 Å². The minimum Gasteiger partial charge on any atom is -0.499 e. The van der Waals surface area contributed by atoms with Gasteiger partial charge in [0.1, 0.15) is 42.0 Å². The average molecular weight is 630 g/mol. The van der Waals surface area contributed by atoms with Crippen molar-refractivity contribution >= 4 is 11.9 Å². The summed E-state index contributed by atoms with van der Waals surface area (Å²) in [6.07, 6.45) is 0.446. The molecule has 0 bridgehead atoms. The minimum atomic E-state index is -0.660. The van der Waals surface area contributed by atoms with E-state index in [1.807, 2.05) is 113 Å². The fourth-order valence-electron chi connectivity index (χ4n) is 4.76. The highest BCUT2D eigenvalue weighted by Gasteiger charge is 2.28. The number of amides is 1. The number of aromatic nitrogens is 2. The van der Waals surface area contributed by atoms with Gasteiger partial charge in [-0.25, -0.2) is 9.48 Å². The molecule has 240 valence electrons. The van der Waals surface area contributed by atoms with E-state index >= 15 is 0 Å². The molecule has 0 aliphatic rings. The summed E-state index contributed by atoms with van der Waals surface area (Å²) >= 11 is 0. The van der Waals surface area contributed by atoms with Crippen LogP contribution in [0.1, 0.15) is 52.9 Å². The normalized spacial score (nSPS) is 10.3. The van der Waals surface area contributed by atoms with Crippen LogP contribution in [0, 0.1) is 47.8 Å². The number of carbonyl (C=O) groups excluding carboxylic acids is 1. The smallest absolute Gasteiger partial charge is 0.407 e. The first-order valence-electron chi connectivity index (χ1n) is 14.9. The predicted octanol–water partition coefficient (Wildman–Crippen LogP) is 6.38. The van der Waals surface area contributed by atoms with Crippen molar-refractivity contribution in [3.63, 3.8) is 0 Å². The van der Waals surface area contributed by atoms with E-state index in [1.54, 1.807) is 4.68 Å². The van der Waals surface area contributed by atoms with Crippen molar-refractivity contribution in [3.05, 3.63) is 129 Å². The third kappa shape index (κ3) is 10.2. The van der Waals surface area contributed by atoms with Gasteiger partial charge in [0.25, 0.3) is 0 Å². The van der Waals surface area contributed by atoms with Crippen molar-refractivity contribution in [2.75, 3.05) is 19.4 Å². The Morgan fingerprint density at radius 3 is 2.09 bits per heavy atom. The zero-order chi connectivity index (χ0) is 34.4. The maximum atomic E-state index is 12.1. The molecular weight excluding hydrogens is 590 g/mol. The molecule has 4 rings (SSSR count). The summed E-state index contributed by atoms with van der Waals surface area (Å²) in [7, 11) is 1.47. The molecule has 0 unspecified atom stereocenters. The third-order valence-electron chi connectivity index (χ3n) is 7.21. The lowest BCUT2D eigenvalue weighted by Gasteiger charge is -2.26. The largest absolute Gasteiger partial charge is 0.499 e. The molecule has 0 saturated heterocycles. The molecule has 0 aliphatic carbocycles. The van der Waals surface area contributed by atoms with Gasteiger partial charge in [0.05, 0.1) is 18.3 Å². The van der Waals surface area contributed by atoms with Gasteiger partial charge in [-0.15, -0.1) is 0 Å². The highest BCUT2D eigenvalue weighted by atomic mass is 16.5. The van der Waals surface area contributed by atoms with Crippen molar-refractivity contribution in [2.24, 2.45) is 0 Å². The van der Waals surface area contributed by atoms with Crippen LogP contribution in [0.4, 0.5) is 10.6 Å². The number of aryl methyl sites for hydroxylation is 2. The summed E-state index contributed by atoms with van der Waals surface area (Å²) in [5, 5.41) is 34.5. The van der Waals surface area contributed by atoms with E-state index in [-0.39, 0.29) is 24.5 Å². The second kappa shape index (κ2) is 16.9. The molecule has 0 radical (unpaired) electrons. The number of benzene rings is 3. The number of hydrogen-bond acceptors (Lipinski definition) is 8. The van der Waals surface area contributed by atoms with Crippen LogP contribution in [0.2, 0.25) is 0 Å². The Kier molecular flexibility index (Phi) is 12.7. The van der Waals surface area contributed by atoms with Crippen molar-refractivity contribution in [2.45, 2.75) is 52.7 Å². The number of alkyl carbamates (subject to hydrolysis) is 1. The molecule has 1 heterocycles. The molecule has 0 spiro atoms. The number of nitrogens with two attached hydrogens (primary N) is 1. The summed E-state index contributed by atoms with van der Waals surface area (Å²) in [5.74, 6) is 0.699. The zero-order valence-corrected chi connectivity index (χ0v) is 27.4. The summed E-state index contributed by atoms with van der Waals surface area (Å²) in [6, 6.07) is 31.2. The van der Waals surface area contributed by atoms with Crippen LogP contribution < -0.4 is 11.1 Å². The number of anilines is 1. The molecule has 10 heteroatoms. The summed E-state index contributed by atoms with van der Waals surface area (Å²) in [5.41, 5.74) is 11.9. The van der Waals surface area contributed by atoms with Gasteiger partial charge in [-0.1, -0.05) is 90.0 Å². The fraction of sp³-hybridized carbons (Fsp3) is 0.270. The van der Waals surface area contributed by atoms with Crippen LogP contribution in [0.25, 0.3) is 0 Å². The Hall–Kier alpha value is -6.05. The van der Waals surface area contributed by atoms with E-state index in [2.05, 4.69) is 22.6 Å². The predicted molar refractivity (Wildman–Crippen MR) is 179 cm³/mol. The number of nitrogens with one attached hydrogen (secondary N) is 1. The SMILES string of the molecule is COC(Cc1cccc(C)c1)=C(C#N)C#N.Cc1cccc(Cc2nn(C(C)(C)CNC(=O)OCc3ccccc3)c(N)c2C#N)c1. The Labute approximate surface area is 276 Å². The maximum absolute atomic E-state index is 12.1. The fourth-order valence-corrected chi connectivity index (χ4v) is 4.76.